The van der Waals surface area contributed by atoms with E-state index in [-0.39, 0.29) is 18.5 Å². The highest BCUT2D eigenvalue weighted by Gasteiger charge is 2.11. The van der Waals surface area contributed by atoms with E-state index >= 15 is 0 Å². The zero-order chi connectivity index (χ0) is 15.2. The van der Waals surface area contributed by atoms with Crippen LogP contribution in [0.1, 0.15) is 26.7 Å². The van der Waals surface area contributed by atoms with Crippen LogP contribution in [0.4, 0.5) is 0 Å². The van der Waals surface area contributed by atoms with Gasteiger partial charge < -0.3 is 5.32 Å². The predicted octanol–water partition coefficient (Wildman–Crippen LogP) is 2.30. The van der Waals surface area contributed by atoms with Gasteiger partial charge >= 0.3 is 0 Å². The Labute approximate surface area is 128 Å². The van der Waals surface area contributed by atoms with Crippen molar-refractivity contribution in [1.29, 1.82) is 0 Å². The van der Waals surface area contributed by atoms with Gasteiger partial charge in [0, 0.05) is 16.6 Å². The van der Waals surface area contributed by atoms with Crippen LogP contribution in [0.2, 0.25) is 5.02 Å². The molecule has 112 valence electrons. The third-order valence-electron chi connectivity index (χ3n) is 2.95. The Kier molecular flexibility index (Phi) is 5.27. The van der Waals surface area contributed by atoms with Crippen LogP contribution in [0.3, 0.4) is 0 Å². The Morgan fingerprint density at radius 2 is 2.29 bits per heavy atom. The van der Waals surface area contributed by atoms with E-state index in [2.05, 4.69) is 27.7 Å². The van der Waals surface area contributed by atoms with Crippen molar-refractivity contribution >= 4 is 17.5 Å². The van der Waals surface area contributed by atoms with Crippen LogP contribution in [0.5, 0.6) is 0 Å². The van der Waals surface area contributed by atoms with Crippen molar-refractivity contribution in [3.8, 4) is 11.4 Å². The maximum absolute atomic E-state index is 11.8. The van der Waals surface area contributed by atoms with Gasteiger partial charge in [0.05, 0.1) is 0 Å². The first-order chi connectivity index (χ1) is 10.1. The number of benzene rings is 1. The van der Waals surface area contributed by atoms with Crippen molar-refractivity contribution in [3.63, 3.8) is 0 Å². The molecule has 0 saturated heterocycles. The fraction of sp³-hybridized carbons (Fsp3) is 0.429. The van der Waals surface area contributed by atoms with Crippen LogP contribution >= 0.6 is 11.6 Å². The molecule has 1 amide bonds. The summed E-state index contributed by atoms with van der Waals surface area (Å²) in [5, 5.41) is 15.5. The predicted molar refractivity (Wildman–Crippen MR) is 80.8 cm³/mol. The summed E-state index contributed by atoms with van der Waals surface area (Å²) in [6, 6.07) is 7.34. The third kappa shape index (κ3) is 4.53. The topological polar surface area (TPSA) is 72.7 Å². The first-order valence-electron chi connectivity index (χ1n) is 6.91. The molecule has 6 nitrogen and oxygen atoms in total. The van der Waals surface area contributed by atoms with Gasteiger partial charge in [0.15, 0.2) is 0 Å². The van der Waals surface area contributed by atoms with Crippen LogP contribution in [0.15, 0.2) is 24.3 Å². The van der Waals surface area contributed by atoms with E-state index in [1.807, 2.05) is 19.1 Å². The number of halogens is 1. The van der Waals surface area contributed by atoms with Crippen molar-refractivity contribution in [2.45, 2.75) is 39.3 Å². The summed E-state index contributed by atoms with van der Waals surface area (Å²) in [5.41, 5.74) is 0.772. The van der Waals surface area contributed by atoms with Crippen LogP contribution in [0, 0.1) is 0 Å². The molecule has 0 bridgehead atoms. The number of amides is 1. The standard InChI is InChI=1S/C14H18ClN5O/c1-3-5-10(2)16-13(21)9-20-18-14(17-19-20)11-6-4-7-12(15)8-11/h4,6-8,10H,3,5,9H2,1-2H3,(H,16,21). The molecule has 0 aliphatic rings. The van der Waals surface area contributed by atoms with E-state index < -0.39 is 0 Å². The second kappa shape index (κ2) is 7.17. The summed E-state index contributed by atoms with van der Waals surface area (Å²) < 4.78 is 0. The number of nitrogens with zero attached hydrogens (tertiary/aromatic N) is 4. The fourth-order valence-corrected chi connectivity index (χ4v) is 2.20. The molecule has 1 atom stereocenters. The lowest BCUT2D eigenvalue weighted by atomic mass is 10.2. The number of nitrogens with one attached hydrogen (secondary N) is 1. The number of hydrogen-bond donors (Lipinski definition) is 1. The Morgan fingerprint density at radius 3 is 3.00 bits per heavy atom. The minimum absolute atomic E-state index is 0.0572. The summed E-state index contributed by atoms with van der Waals surface area (Å²) in [6.07, 6.45) is 1.98. The molecule has 7 heteroatoms. The highest BCUT2D eigenvalue weighted by Crippen LogP contribution is 2.18. The molecule has 1 unspecified atom stereocenters. The molecule has 0 radical (unpaired) electrons. The fourth-order valence-electron chi connectivity index (χ4n) is 2.01. The lowest BCUT2D eigenvalue weighted by molar-refractivity contribution is -0.122. The number of rotatable bonds is 6. The molecule has 1 aromatic heterocycles. The summed E-state index contributed by atoms with van der Waals surface area (Å²) in [4.78, 5) is 13.1. The van der Waals surface area contributed by atoms with Crippen LogP contribution < -0.4 is 5.32 Å². The average Bonchev–Trinajstić information content (AvgIpc) is 2.87. The highest BCUT2D eigenvalue weighted by atomic mass is 35.5. The Balaban J connectivity index is 1.99. The molecule has 1 heterocycles. The molecule has 0 aliphatic heterocycles. The van der Waals surface area contributed by atoms with E-state index in [1.165, 1.54) is 4.80 Å². The molecule has 0 saturated carbocycles. The lowest BCUT2D eigenvalue weighted by Gasteiger charge is -2.11. The first-order valence-corrected chi connectivity index (χ1v) is 7.29. The van der Waals surface area contributed by atoms with Crippen LogP contribution in [0.25, 0.3) is 11.4 Å². The Morgan fingerprint density at radius 1 is 1.48 bits per heavy atom. The lowest BCUT2D eigenvalue weighted by Crippen LogP contribution is -2.35. The van der Waals surface area contributed by atoms with E-state index in [0.717, 1.165) is 18.4 Å². The normalized spacial score (nSPS) is 12.1. The molecule has 2 aromatic rings. The summed E-state index contributed by atoms with van der Waals surface area (Å²) in [6.45, 7) is 4.12. The van der Waals surface area contributed by atoms with Crippen LogP contribution in [-0.4, -0.2) is 32.2 Å². The van der Waals surface area contributed by atoms with Gasteiger partial charge in [-0.05, 0) is 30.7 Å². The van der Waals surface area contributed by atoms with Gasteiger partial charge in [0.1, 0.15) is 6.54 Å². The summed E-state index contributed by atoms with van der Waals surface area (Å²) in [7, 11) is 0. The SMILES string of the molecule is CCCC(C)NC(=O)Cn1nnc(-c2cccc(Cl)c2)n1. The van der Waals surface area contributed by atoms with Gasteiger partial charge in [0.25, 0.3) is 0 Å². The molecular weight excluding hydrogens is 290 g/mol. The number of tetrazole rings is 1. The number of carbonyl (C=O) groups is 1. The zero-order valence-corrected chi connectivity index (χ0v) is 12.8. The molecular formula is C14H18ClN5O. The van der Waals surface area contributed by atoms with E-state index in [9.17, 15) is 4.79 Å². The first kappa shape index (κ1) is 15.4. The minimum Gasteiger partial charge on any atom is -0.352 e. The monoisotopic (exact) mass is 307 g/mol. The van der Waals surface area contributed by atoms with Crippen molar-refractivity contribution in [2.24, 2.45) is 0 Å². The molecule has 0 fully saturated rings. The number of hydrogen-bond acceptors (Lipinski definition) is 4. The van der Waals surface area contributed by atoms with Crippen LogP contribution in [-0.2, 0) is 11.3 Å². The van der Waals surface area contributed by atoms with Gasteiger partial charge in [-0.3, -0.25) is 4.79 Å². The van der Waals surface area contributed by atoms with E-state index in [4.69, 9.17) is 11.6 Å². The van der Waals surface area contributed by atoms with Gasteiger partial charge in [-0.25, -0.2) is 0 Å². The van der Waals surface area contributed by atoms with Crippen molar-refractivity contribution in [2.75, 3.05) is 0 Å². The van der Waals surface area contributed by atoms with Crippen molar-refractivity contribution in [3.05, 3.63) is 29.3 Å². The molecule has 21 heavy (non-hydrogen) atoms. The maximum atomic E-state index is 11.8. The number of carbonyl (C=O) groups excluding carboxylic acids is 1. The maximum Gasteiger partial charge on any atom is 0.243 e. The Bertz CT molecular complexity index is 613. The summed E-state index contributed by atoms with van der Waals surface area (Å²) in [5.74, 6) is 0.331. The smallest absolute Gasteiger partial charge is 0.243 e. The van der Waals surface area contributed by atoms with Gasteiger partial charge in [-0.1, -0.05) is 37.1 Å². The number of aromatic nitrogens is 4. The van der Waals surface area contributed by atoms with Crippen molar-refractivity contribution in [1.82, 2.24) is 25.5 Å². The summed E-state index contributed by atoms with van der Waals surface area (Å²) >= 11 is 5.93. The quantitative estimate of drug-likeness (QED) is 0.888. The third-order valence-corrected chi connectivity index (χ3v) is 3.18. The zero-order valence-electron chi connectivity index (χ0n) is 12.1. The molecule has 0 aliphatic carbocycles. The Hall–Kier alpha value is -1.95. The minimum atomic E-state index is -0.119. The van der Waals surface area contributed by atoms with Gasteiger partial charge in [0.2, 0.25) is 11.7 Å². The largest absolute Gasteiger partial charge is 0.352 e. The van der Waals surface area contributed by atoms with Gasteiger partial charge in [-0.2, -0.15) is 4.80 Å². The molecule has 2 rings (SSSR count). The van der Waals surface area contributed by atoms with Gasteiger partial charge in [-0.15, -0.1) is 10.2 Å². The molecule has 0 spiro atoms. The van der Waals surface area contributed by atoms with Crippen molar-refractivity contribution < 1.29 is 4.79 Å². The molecule has 1 N–H and O–H groups in total. The average molecular weight is 308 g/mol. The second-order valence-electron chi connectivity index (χ2n) is 4.91. The second-order valence-corrected chi connectivity index (χ2v) is 5.35. The molecule has 1 aromatic carbocycles. The van der Waals surface area contributed by atoms with E-state index in [0.29, 0.717) is 10.8 Å². The van der Waals surface area contributed by atoms with E-state index in [1.54, 1.807) is 12.1 Å². The highest BCUT2D eigenvalue weighted by molar-refractivity contribution is 6.30.